The molecule has 0 aromatic carbocycles. The van der Waals surface area contributed by atoms with Crippen molar-refractivity contribution in [3.8, 4) is 0 Å². The lowest BCUT2D eigenvalue weighted by molar-refractivity contribution is -0.141. The average Bonchev–Trinajstić information content (AvgIpc) is 2.00. The monoisotopic (exact) mass is 570 g/mol. The van der Waals surface area contributed by atoms with Crippen LogP contribution < -0.4 is 0 Å². The summed E-state index contributed by atoms with van der Waals surface area (Å²) in [5, 5.41) is 0.660. The number of carbonyl (C=O) groups is 1. The molecule has 0 heterocycles. The van der Waals surface area contributed by atoms with E-state index in [0.717, 1.165) is 5.17 Å². The van der Waals surface area contributed by atoms with Crippen molar-refractivity contribution in [1.82, 2.24) is 0 Å². The lowest BCUT2D eigenvalue weighted by Crippen LogP contribution is -2.05. The van der Waals surface area contributed by atoms with Crippen molar-refractivity contribution in [3.63, 3.8) is 0 Å². The van der Waals surface area contributed by atoms with Gasteiger partial charge in [0, 0.05) is 8.91 Å². The fourth-order valence-corrected chi connectivity index (χ4v) is 1.14. The van der Waals surface area contributed by atoms with E-state index in [0.29, 0.717) is 18.4 Å². The minimum Gasteiger partial charge on any atom is -0.460 e. The van der Waals surface area contributed by atoms with Gasteiger partial charge in [0.1, 0.15) is 6.61 Å². The largest absolute Gasteiger partial charge is 0.460 e. The number of hydrogen-bond acceptors (Lipinski definition) is 2. The van der Waals surface area contributed by atoms with Crippen LogP contribution in [0.4, 0.5) is 0 Å². The van der Waals surface area contributed by atoms with Crippen LogP contribution in [0, 0.1) is 0 Å². The fraction of sp³-hybridized carbons (Fsp3) is 0.500. The lowest BCUT2D eigenvalue weighted by atomic mass is 10.5. The molecule has 0 aliphatic carbocycles. The Morgan fingerprint density at radius 3 is 2.33 bits per heavy atom. The van der Waals surface area contributed by atoms with Gasteiger partial charge in [-0.1, -0.05) is 15.9 Å². The van der Waals surface area contributed by atoms with E-state index in [1.54, 1.807) is 0 Å². The standard InChI is InChI=1S/C6H6BrI3O2/c7-2-1-5(11)12-3-4(8)6(9)10/h1-3H2. The van der Waals surface area contributed by atoms with Crippen molar-refractivity contribution in [1.29, 1.82) is 0 Å². The Hall–Kier alpha value is 1.88. The Morgan fingerprint density at radius 1 is 1.33 bits per heavy atom. The molecule has 0 radical (unpaired) electrons. The number of alkyl halides is 1. The molecule has 2 nitrogen and oxygen atoms in total. The molecule has 0 aromatic rings. The molecule has 0 saturated carbocycles. The maximum Gasteiger partial charge on any atom is 0.306 e. The zero-order chi connectivity index (χ0) is 9.56. The average molecular weight is 571 g/mol. The summed E-state index contributed by atoms with van der Waals surface area (Å²) in [6, 6.07) is 0. The van der Waals surface area contributed by atoms with Crippen LogP contribution in [0.5, 0.6) is 0 Å². The summed E-state index contributed by atoms with van der Waals surface area (Å²) >= 11 is 9.73. The number of ether oxygens (including phenoxy) is 1. The second-order valence-electron chi connectivity index (χ2n) is 1.76. The molecular formula is C6H6BrI3O2. The van der Waals surface area contributed by atoms with Crippen molar-refractivity contribution in [2.75, 3.05) is 11.9 Å². The summed E-state index contributed by atoms with van der Waals surface area (Å²) in [6.07, 6.45) is 0.432. The third-order valence-corrected chi connectivity index (χ3v) is 5.48. The molecule has 0 spiro atoms. The Labute approximate surface area is 121 Å². The summed E-state index contributed by atoms with van der Waals surface area (Å²) in [4.78, 5) is 10.9. The maximum atomic E-state index is 10.9. The molecule has 12 heavy (non-hydrogen) atoms. The highest BCUT2D eigenvalue weighted by molar-refractivity contribution is 14.2. The minimum atomic E-state index is -0.157. The summed E-state index contributed by atoms with van der Waals surface area (Å²) in [5.74, 6) is -0.157. The fourth-order valence-electron chi connectivity index (χ4n) is 0.348. The van der Waals surface area contributed by atoms with E-state index in [-0.39, 0.29) is 5.97 Å². The van der Waals surface area contributed by atoms with E-state index in [2.05, 4.69) is 83.7 Å². The second-order valence-corrected chi connectivity index (χ2v) is 8.08. The third-order valence-electron chi connectivity index (χ3n) is 0.864. The van der Waals surface area contributed by atoms with E-state index >= 15 is 0 Å². The molecule has 0 aromatic heterocycles. The quantitative estimate of drug-likeness (QED) is 0.292. The van der Waals surface area contributed by atoms with Gasteiger partial charge in [-0.25, -0.2) is 0 Å². The number of hydrogen-bond donors (Lipinski definition) is 0. The number of rotatable bonds is 4. The first kappa shape index (κ1) is 13.9. The molecule has 0 N–H and O–H groups in total. The maximum absolute atomic E-state index is 10.9. The Bertz CT molecular complexity index is 189. The Morgan fingerprint density at radius 2 is 1.92 bits per heavy atom. The smallest absolute Gasteiger partial charge is 0.306 e. The molecule has 0 amide bonds. The molecule has 0 aliphatic heterocycles. The van der Waals surface area contributed by atoms with Crippen LogP contribution in [0.2, 0.25) is 0 Å². The molecule has 0 atom stereocenters. The molecule has 0 rings (SSSR count). The van der Waals surface area contributed by atoms with Gasteiger partial charge in [0.15, 0.2) is 0 Å². The molecule has 70 valence electrons. The van der Waals surface area contributed by atoms with Crippen molar-refractivity contribution in [2.24, 2.45) is 0 Å². The Balaban J connectivity index is 3.69. The Kier molecular flexibility index (Phi) is 9.50. The molecule has 0 bridgehead atoms. The zero-order valence-corrected chi connectivity index (χ0v) is 14.0. The van der Waals surface area contributed by atoms with Gasteiger partial charge < -0.3 is 4.74 Å². The van der Waals surface area contributed by atoms with Crippen LogP contribution in [-0.4, -0.2) is 17.9 Å². The SMILES string of the molecule is O=C(CCBr)OCC(I)=C(I)I. The highest BCUT2D eigenvalue weighted by Gasteiger charge is 2.03. The van der Waals surface area contributed by atoms with Gasteiger partial charge in [0.05, 0.1) is 8.01 Å². The van der Waals surface area contributed by atoms with Gasteiger partial charge in [0.25, 0.3) is 0 Å². The van der Waals surface area contributed by atoms with Gasteiger partial charge in [-0.3, -0.25) is 4.79 Å². The topological polar surface area (TPSA) is 26.3 Å². The second kappa shape index (κ2) is 8.21. The molecule has 0 fully saturated rings. The van der Waals surface area contributed by atoms with E-state index in [9.17, 15) is 4.79 Å². The van der Waals surface area contributed by atoms with Gasteiger partial charge in [0.2, 0.25) is 0 Å². The first-order valence-corrected chi connectivity index (χ1v) is 7.35. The number of esters is 1. The number of halogens is 4. The van der Waals surface area contributed by atoms with Crippen molar-refractivity contribution in [2.45, 2.75) is 6.42 Å². The van der Waals surface area contributed by atoms with Crippen LogP contribution in [0.25, 0.3) is 0 Å². The van der Waals surface area contributed by atoms with Crippen LogP contribution >= 0.6 is 83.7 Å². The molecule has 6 heteroatoms. The third kappa shape index (κ3) is 7.30. The first-order chi connectivity index (χ1) is 5.57. The van der Waals surface area contributed by atoms with E-state index in [4.69, 9.17) is 4.74 Å². The molecular weight excluding hydrogens is 565 g/mol. The molecule has 0 unspecified atom stereocenters. The normalized spacial score (nSPS) is 9.33. The summed E-state index contributed by atoms with van der Waals surface area (Å²) in [6.45, 7) is 0.396. The van der Waals surface area contributed by atoms with Crippen molar-refractivity contribution < 1.29 is 9.53 Å². The zero-order valence-electron chi connectivity index (χ0n) is 5.95. The first-order valence-electron chi connectivity index (χ1n) is 2.99. The summed E-state index contributed by atoms with van der Waals surface area (Å²) < 4.78 is 7.16. The predicted molar refractivity (Wildman–Crippen MR) is 78.5 cm³/mol. The van der Waals surface area contributed by atoms with Gasteiger partial charge in [-0.05, 0) is 67.8 Å². The van der Waals surface area contributed by atoms with Gasteiger partial charge in [-0.2, -0.15) is 0 Å². The van der Waals surface area contributed by atoms with Gasteiger partial charge in [-0.15, -0.1) is 0 Å². The minimum absolute atomic E-state index is 0.157. The summed E-state index contributed by atoms with van der Waals surface area (Å²) in [7, 11) is 0. The molecule has 0 saturated heterocycles. The highest BCUT2D eigenvalue weighted by atomic mass is 127. The number of carbonyl (C=O) groups excluding carboxylic acids is 1. The van der Waals surface area contributed by atoms with Crippen molar-refractivity contribution >= 4 is 89.7 Å². The lowest BCUT2D eigenvalue weighted by Gasteiger charge is -2.02. The van der Waals surface area contributed by atoms with E-state index in [1.807, 2.05) is 0 Å². The predicted octanol–water partition coefficient (Wildman–Crippen LogP) is 3.79. The van der Waals surface area contributed by atoms with Crippen LogP contribution in [0.15, 0.2) is 5.17 Å². The van der Waals surface area contributed by atoms with E-state index in [1.165, 1.54) is 0 Å². The van der Waals surface area contributed by atoms with Gasteiger partial charge >= 0.3 is 5.97 Å². The van der Waals surface area contributed by atoms with E-state index < -0.39 is 0 Å². The van der Waals surface area contributed by atoms with Crippen molar-refractivity contribution in [3.05, 3.63) is 5.17 Å². The van der Waals surface area contributed by atoms with Crippen LogP contribution in [0.3, 0.4) is 0 Å². The highest BCUT2D eigenvalue weighted by Crippen LogP contribution is 2.25. The molecule has 0 aliphatic rings. The summed E-state index contributed by atoms with van der Waals surface area (Å²) in [5.41, 5.74) is 0. The van der Waals surface area contributed by atoms with Crippen LogP contribution in [0.1, 0.15) is 6.42 Å². The van der Waals surface area contributed by atoms with Crippen LogP contribution in [-0.2, 0) is 9.53 Å².